The number of aliphatic imine (C=N–C) groups is 1. The van der Waals surface area contributed by atoms with Crippen LogP contribution in [0.4, 0.5) is 0 Å². The van der Waals surface area contributed by atoms with E-state index >= 15 is 0 Å². The monoisotopic (exact) mass is 411 g/mol. The number of aryl methyl sites for hydroxylation is 2. The van der Waals surface area contributed by atoms with Crippen molar-refractivity contribution in [3.8, 4) is 5.75 Å². The Labute approximate surface area is 178 Å². The van der Waals surface area contributed by atoms with Crippen LogP contribution < -0.4 is 5.32 Å². The Morgan fingerprint density at radius 2 is 1.93 bits per heavy atom. The molecule has 29 heavy (non-hydrogen) atoms. The third-order valence-corrected chi connectivity index (χ3v) is 6.61. The summed E-state index contributed by atoms with van der Waals surface area (Å²) in [5, 5.41) is 15.0. The van der Waals surface area contributed by atoms with Crippen LogP contribution in [0.3, 0.4) is 0 Å². The Morgan fingerprint density at radius 1 is 1.17 bits per heavy atom. The van der Waals surface area contributed by atoms with Gasteiger partial charge in [-0.25, -0.2) is 0 Å². The van der Waals surface area contributed by atoms with Crippen molar-refractivity contribution in [2.45, 2.75) is 51.7 Å². The van der Waals surface area contributed by atoms with Gasteiger partial charge in [0.25, 0.3) is 0 Å². The van der Waals surface area contributed by atoms with E-state index in [9.17, 15) is 5.11 Å². The van der Waals surface area contributed by atoms with Crippen molar-refractivity contribution in [1.29, 1.82) is 0 Å². The summed E-state index contributed by atoms with van der Waals surface area (Å²) in [5.74, 6) is 0.287. The molecule has 0 amide bonds. The van der Waals surface area contributed by atoms with Crippen LogP contribution in [-0.4, -0.2) is 41.0 Å². The SMILES string of the molecule is CCN1CCC2(CC1)N=C(c1ccc(C)cc1C)C[C@@H](c1cc(Cl)ccc1O)N2. The lowest BCUT2D eigenvalue weighted by atomic mass is 9.86. The Bertz CT molecular complexity index is 932. The molecule has 5 heteroatoms. The molecule has 2 N–H and O–H groups in total. The number of nitrogens with zero attached hydrogens (tertiary/aromatic N) is 2. The van der Waals surface area contributed by atoms with E-state index in [2.05, 4.69) is 49.2 Å². The first-order valence-electron chi connectivity index (χ1n) is 10.5. The van der Waals surface area contributed by atoms with Crippen LogP contribution >= 0.6 is 11.6 Å². The number of nitrogens with one attached hydrogen (secondary N) is 1. The molecule has 154 valence electrons. The molecule has 4 nitrogen and oxygen atoms in total. The summed E-state index contributed by atoms with van der Waals surface area (Å²) in [6.45, 7) is 9.62. The maximum absolute atomic E-state index is 10.6. The first-order valence-corrected chi connectivity index (χ1v) is 10.9. The third-order valence-electron chi connectivity index (χ3n) is 6.38. The normalized spacial score (nSPS) is 21.9. The number of hydrogen-bond donors (Lipinski definition) is 2. The van der Waals surface area contributed by atoms with Crippen LogP contribution in [0, 0.1) is 13.8 Å². The van der Waals surface area contributed by atoms with Gasteiger partial charge >= 0.3 is 0 Å². The molecule has 2 heterocycles. The van der Waals surface area contributed by atoms with E-state index in [1.54, 1.807) is 12.1 Å². The van der Waals surface area contributed by atoms with E-state index in [1.807, 2.05) is 6.07 Å². The molecule has 1 spiro atoms. The molecular weight excluding hydrogens is 382 g/mol. The summed E-state index contributed by atoms with van der Waals surface area (Å²) in [6, 6.07) is 11.9. The quantitative estimate of drug-likeness (QED) is 0.747. The fourth-order valence-electron chi connectivity index (χ4n) is 4.70. The molecule has 4 rings (SSSR count). The average Bonchev–Trinajstić information content (AvgIpc) is 2.70. The lowest BCUT2D eigenvalue weighted by Gasteiger charge is -2.45. The number of aromatic hydroxyl groups is 1. The van der Waals surface area contributed by atoms with E-state index in [-0.39, 0.29) is 17.5 Å². The van der Waals surface area contributed by atoms with Gasteiger partial charge in [0.2, 0.25) is 0 Å². The maximum atomic E-state index is 10.6. The average molecular weight is 412 g/mol. The van der Waals surface area contributed by atoms with Gasteiger partial charge in [-0.05, 0) is 62.6 Å². The number of likely N-dealkylation sites (tertiary alicyclic amines) is 1. The lowest BCUT2D eigenvalue weighted by Crippen LogP contribution is -2.56. The second-order valence-corrected chi connectivity index (χ2v) is 8.88. The Hall–Kier alpha value is -1.88. The van der Waals surface area contributed by atoms with E-state index in [1.165, 1.54) is 16.7 Å². The number of piperidine rings is 1. The van der Waals surface area contributed by atoms with Crippen LogP contribution in [0.1, 0.15) is 54.5 Å². The largest absolute Gasteiger partial charge is 0.508 e. The smallest absolute Gasteiger partial charge is 0.120 e. The lowest BCUT2D eigenvalue weighted by molar-refractivity contribution is 0.129. The summed E-state index contributed by atoms with van der Waals surface area (Å²) in [4.78, 5) is 7.77. The topological polar surface area (TPSA) is 47.9 Å². The summed E-state index contributed by atoms with van der Waals surface area (Å²) in [6.07, 6.45) is 2.66. The van der Waals surface area contributed by atoms with Crippen LogP contribution in [0.2, 0.25) is 5.02 Å². The van der Waals surface area contributed by atoms with Gasteiger partial charge in [0, 0.05) is 41.8 Å². The minimum Gasteiger partial charge on any atom is -0.508 e. The van der Waals surface area contributed by atoms with E-state index in [4.69, 9.17) is 16.6 Å². The van der Waals surface area contributed by atoms with Crippen LogP contribution in [-0.2, 0) is 0 Å². The summed E-state index contributed by atoms with van der Waals surface area (Å²) >= 11 is 6.27. The molecule has 0 bridgehead atoms. The highest BCUT2D eigenvalue weighted by Crippen LogP contribution is 2.38. The maximum Gasteiger partial charge on any atom is 0.120 e. The summed E-state index contributed by atoms with van der Waals surface area (Å²) < 4.78 is 0. The molecule has 0 radical (unpaired) electrons. The first kappa shape index (κ1) is 20.4. The van der Waals surface area contributed by atoms with Gasteiger partial charge < -0.3 is 10.0 Å². The van der Waals surface area contributed by atoms with Crippen molar-refractivity contribution in [2.24, 2.45) is 4.99 Å². The Kier molecular flexibility index (Phi) is 5.69. The molecule has 2 aromatic carbocycles. The van der Waals surface area contributed by atoms with E-state index in [0.717, 1.165) is 50.2 Å². The van der Waals surface area contributed by atoms with Gasteiger partial charge in [0.1, 0.15) is 11.4 Å². The standard InChI is InChI=1S/C24H30ClN3O/c1-4-28-11-9-24(10-12-28)26-21(19-7-5-16(2)13-17(19)3)15-22(27-24)20-14-18(25)6-8-23(20)29/h5-8,13-14,22,27,29H,4,9-12,15H2,1-3H3/t22-/m0/s1. The number of hydrogen-bond acceptors (Lipinski definition) is 4. The highest BCUT2D eigenvalue weighted by atomic mass is 35.5. The zero-order valence-corrected chi connectivity index (χ0v) is 18.3. The molecule has 0 aliphatic carbocycles. The first-order chi connectivity index (χ1) is 13.9. The predicted octanol–water partition coefficient (Wildman–Crippen LogP) is 5.00. The highest BCUT2D eigenvalue weighted by Gasteiger charge is 2.40. The van der Waals surface area contributed by atoms with Crippen molar-refractivity contribution in [3.63, 3.8) is 0 Å². The zero-order chi connectivity index (χ0) is 20.6. The van der Waals surface area contributed by atoms with Crippen molar-refractivity contribution in [3.05, 3.63) is 63.7 Å². The van der Waals surface area contributed by atoms with Crippen LogP contribution in [0.15, 0.2) is 41.4 Å². The highest BCUT2D eigenvalue weighted by molar-refractivity contribution is 6.30. The van der Waals surface area contributed by atoms with E-state index in [0.29, 0.717) is 5.02 Å². The Morgan fingerprint density at radius 3 is 2.62 bits per heavy atom. The molecule has 0 unspecified atom stereocenters. The van der Waals surface area contributed by atoms with Crippen molar-refractivity contribution < 1.29 is 5.11 Å². The van der Waals surface area contributed by atoms with Crippen molar-refractivity contribution in [2.75, 3.05) is 19.6 Å². The Balaban J connectivity index is 1.75. The van der Waals surface area contributed by atoms with Crippen molar-refractivity contribution >= 4 is 17.3 Å². The molecule has 1 saturated heterocycles. The van der Waals surface area contributed by atoms with Gasteiger partial charge in [-0.1, -0.05) is 42.3 Å². The van der Waals surface area contributed by atoms with Gasteiger partial charge in [0.15, 0.2) is 0 Å². The molecule has 0 saturated carbocycles. The molecule has 2 aromatic rings. The number of phenolic OH excluding ortho intramolecular Hbond substituents is 1. The van der Waals surface area contributed by atoms with Gasteiger partial charge in [0.05, 0.1) is 0 Å². The van der Waals surface area contributed by atoms with Gasteiger partial charge in [-0.15, -0.1) is 0 Å². The number of phenols is 1. The molecule has 0 aromatic heterocycles. The zero-order valence-electron chi connectivity index (χ0n) is 17.5. The summed E-state index contributed by atoms with van der Waals surface area (Å²) in [5.41, 5.74) is 5.40. The van der Waals surface area contributed by atoms with Crippen LogP contribution in [0.5, 0.6) is 5.75 Å². The van der Waals surface area contributed by atoms with Crippen molar-refractivity contribution in [1.82, 2.24) is 10.2 Å². The fourth-order valence-corrected chi connectivity index (χ4v) is 4.88. The third kappa shape index (κ3) is 4.20. The second-order valence-electron chi connectivity index (χ2n) is 8.45. The molecule has 1 fully saturated rings. The van der Waals surface area contributed by atoms with Gasteiger partial charge in [-0.2, -0.15) is 0 Å². The molecule has 1 atom stereocenters. The fraction of sp³-hybridized carbons (Fsp3) is 0.458. The molecule has 2 aliphatic heterocycles. The predicted molar refractivity (Wildman–Crippen MR) is 120 cm³/mol. The summed E-state index contributed by atoms with van der Waals surface area (Å²) in [7, 11) is 0. The minimum absolute atomic E-state index is 0.0184. The van der Waals surface area contributed by atoms with E-state index < -0.39 is 0 Å². The van der Waals surface area contributed by atoms with Crippen LogP contribution in [0.25, 0.3) is 0 Å². The second kappa shape index (κ2) is 8.10. The number of benzene rings is 2. The molecule has 2 aliphatic rings. The molecular formula is C24H30ClN3O. The number of rotatable bonds is 3. The number of halogens is 1. The van der Waals surface area contributed by atoms with Gasteiger partial charge in [-0.3, -0.25) is 10.3 Å². The minimum atomic E-state index is -0.296.